The summed E-state index contributed by atoms with van der Waals surface area (Å²) in [5.74, 6) is -0.0602. The SMILES string of the molecule is COC(=O)C(NCc1ccc(Br)cn1)C(C)C. The largest absolute Gasteiger partial charge is 0.468 e. The van der Waals surface area contributed by atoms with Gasteiger partial charge in [-0.05, 0) is 34.0 Å². The molecule has 1 N–H and O–H groups in total. The Labute approximate surface area is 110 Å². The Morgan fingerprint density at radius 2 is 2.24 bits per heavy atom. The fourth-order valence-corrected chi connectivity index (χ4v) is 1.68. The number of halogens is 1. The molecule has 17 heavy (non-hydrogen) atoms. The van der Waals surface area contributed by atoms with E-state index in [1.54, 1.807) is 6.20 Å². The van der Waals surface area contributed by atoms with Crippen LogP contribution in [0.1, 0.15) is 19.5 Å². The third-order valence-electron chi connectivity index (χ3n) is 2.41. The predicted octanol–water partition coefficient (Wildman–Crippen LogP) is 2.13. The van der Waals surface area contributed by atoms with Gasteiger partial charge in [-0.2, -0.15) is 0 Å². The van der Waals surface area contributed by atoms with Gasteiger partial charge < -0.3 is 4.74 Å². The molecule has 0 saturated carbocycles. The quantitative estimate of drug-likeness (QED) is 0.847. The molecule has 0 radical (unpaired) electrons. The maximum Gasteiger partial charge on any atom is 0.323 e. The van der Waals surface area contributed by atoms with Crippen LogP contribution in [0.2, 0.25) is 0 Å². The van der Waals surface area contributed by atoms with Gasteiger partial charge in [0.25, 0.3) is 0 Å². The van der Waals surface area contributed by atoms with Crippen LogP contribution in [-0.2, 0) is 16.1 Å². The van der Waals surface area contributed by atoms with Crippen LogP contribution in [-0.4, -0.2) is 24.1 Å². The average molecular weight is 301 g/mol. The van der Waals surface area contributed by atoms with Crippen LogP contribution in [0.4, 0.5) is 0 Å². The standard InChI is InChI=1S/C12H17BrN2O2/c1-8(2)11(12(16)17-3)15-7-10-5-4-9(13)6-14-10/h4-6,8,11,15H,7H2,1-3H3. The Balaban J connectivity index is 2.58. The normalized spacial score (nSPS) is 12.5. The summed E-state index contributed by atoms with van der Waals surface area (Å²) >= 11 is 3.33. The van der Waals surface area contributed by atoms with Crippen molar-refractivity contribution in [1.82, 2.24) is 10.3 Å². The molecule has 1 unspecified atom stereocenters. The summed E-state index contributed by atoms with van der Waals surface area (Å²) in [6, 6.07) is 3.53. The monoisotopic (exact) mass is 300 g/mol. The molecular weight excluding hydrogens is 284 g/mol. The minimum absolute atomic E-state index is 0.179. The van der Waals surface area contributed by atoms with Gasteiger partial charge in [0.2, 0.25) is 0 Å². The van der Waals surface area contributed by atoms with Gasteiger partial charge in [-0.25, -0.2) is 0 Å². The lowest BCUT2D eigenvalue weighted by Gasteiger charge is -2.19. The molecular formula is C12H17BrN2O2. The molecule has 0 aromatic carbocycles. The van der Waals surface area contributed by atoms with E-state index in [4.69, 9.17) is 4.74 Å². The fourth-order valence-electron chi connectivity index (χ4n) is 1.44. The Bertz CT molecular complexity index is 365. The zero-order valence-electron chi connectivity index (χ0n) is 10.2. The minimum atomic E-state index is -0.301. The van der Waals surface area contributed by atoms with Crippen LogP contribution in [0, 0.1) is 5.92 Å². The maximum atomic E-state index is 11.5. The van der Waals surface area contributed by atoms with E-state index in [0.29, 0.717) is 6.54 Å². The van der Waals surface area contributed by atoms with Crippen molar-refractivity contribution < 1.29 is 9.53 Å². The first-order valence-electron chi connectivity index (χ1n) is 5.46. The lowest BCUT2D eigenvalue weighted by atomic mass is 10.0. The van der Waals surface area contributed by atoms with Crippen LogP contribution >= 0.6 is 15.9 Å². The molecule has 1 rings (SSSR count). The molecule has 0 fully saturated rings. The van der Waals surface area contributed by atoms with E-state index in [2.05, 4.69) is 26.2 Å². The minimum Gasteiger partial charge on any atom is -0.468 e. The van der Waals surface area contributed by atoms with Crippen LogP contribution in [0.5, 0.6) is 0 Å². The lowest BCUT2D eigenvalue weighted by Crippen LogP contribution is -2.41. The van der Waals surface area contributed by atoms with Crippen LogP contribution in [0.3, 0.4) is 0 Å². The van der Waals surface area contributed by atoms with Gasteiger partial charge in [0.15, 0.2) is 0 Å². The number of ether oxygens (including phenoxy) is 1. The molecule has 4 nitrogen and oxygen atoms in total. The van der Waals surface area contributed by atoms with Crippen LogP contribution in [0.25, 0.3) is 0 Å². The number of rotatable bonds is 5. The number of nitrogens with zero attached hydrogens (tertiary/aromatic N) is 1. The summed E-state index contributed by atoms with van der Waals surface area (Å²) in [7, 11) is 1.40. The number of methoxy groups -OCH3 is 1. The lowest BCUT2D eigenvalue weighted by molar-refractivity contribution is -0.144. The molecule has 1 heterocycles. The van der Waals surface area contributed by atoms with Crippen molar-refractivity contribution in [1.29, 1.82) is 0 Å². The van der Waals surface area contributed by atoms with Gasteiger partial charge in [0, 0.05) is 17.2 Å². The summed E-state index contributed by atoms with van der Waals surface area (Å²) in [5.41, 5.74) is 0.891. The molecule has 5 heteroatoms. The van der Waals surface area contributed by atoms with Gasteiger partial charge in [-0.15, -0.1) is 0 Å². The third-order valence-corrected chi connectivity index (χ3v) is 2.88. The zero-order chi connectivity index (χ0) is 12.8. The number of esters is 1. The van der Waals surface area contributed by atoms with Gasteiger partial charge in [-0.1, -0.05) is 13.8 Å². The maximum absolute atomic E-state index is 11.5. The summed E-state index contributed by atoms with van der Waals surface area (Å²) in [4.78, 5) is 15.7. The van der Waals surface area contributed by atoms with Crippen LogP contribution < -0.4 is 5.32 Å². The van der Waals surface area contributed by atoms with Gasteiger partial charge in [-0.3, -0.25) is 15.1 Å². The Morgan fingerprint density at radius 1 is 1.53 bits per heavy atom. The van der Waals surface area contributed by atoms with E-state index in [1.807, 2.05) is 26.0 Å². The predicted molar refractivity (Wildman–Crippen MR) is 69.4 cm³/mol. The molecule has 0 aliphatic heterocycles. The second-order valence-electron chi connectivity index (χ2n) is 4.09. The van der Waals surface area contributed by atoms with Gasteiger partial charge >= 0.3 is 5.97 Å². The molecule has 1 aromatic heterocycles. The number of carbonyl (C=O) groups is 1. The molecule has 1 aromatic rings. The topological polar surface area (TPSA) is 51.2 Å². The second kappa shape index (κ2) is 6.71. The average Bonchev–Trinajstić information content (AvgIpc) is 2.31. The number of hydrogen-bond donors (Lipinski definition) is 1. The zero-order valence-corrected chi connectivity index (χ0v) is 11.8. The van der Waals surface area contributed by atoms with E-state index < -0.39 is 0 Å². The summed E-state index contributed by atoms with van der Waals surface area (Å²) in [6.45, 7) is 4.50. The summed E-state index contributed by atoms with van der Waals surface area (Å²) in [5, 5.41) is 3.15. The van der Waals surface area contributed by atoms with Crippen molar-refractivity contribution in [3.05, 3.63) is 28.5 Å². The van der Waals surface area contributed by atoms with Crippen molar-refractivity contribution in [2.24, 2.45) is 5.92 Å². The Hall–Kier alpha value is -0.940. The van der Waals surface area contributed by atoms with Gasteiger partial charge in [0.1, 0.15) is 6.04 Å². The highest BCUT2D eigenvalue weighted by Crippen LogP contribution is 2.09. The number of pyridine rings is 1. The van der Waals surface area contributed by atoms with Crippen molar-refractivity contribution in [2.75, 3.05) is 7.11 Å². The highest BCUT2D eigenvalue weighted by molar-refractivity contribution is 9.10. The smallest absolute Gasteiger partial charge is 0.323 e. The summed E-state index contributed by atoms with van der Waals surface area (Å²) in [6.07, 6.45) is 1.74. The second-order valence-corrected chi connectivity index (χ2v) is 5.01. The summed E-state index contributed by atoms with van der Waals surface area (Å²) < 4.78 is 5.69. The molecule has 0 saturated heterocycles. The molecule has 0 aliphatic rings. The highest BCUT2D eigenvalue weighted by atomic mass is 79.9. The van der Waals surface area contributed by atoms with Gasteiger partial charge in [0.05, 0.1) is 12.8 Å². The first-order chi connectivity index (χ1) is 8.04. The molecule has 0 spiro atoms. The number of carbonyl (C=O) groups excluding carboxylic acids is 1. The van der Waals surface area contributed by atoms with Crippen molar-refractivity contribution in [3.63, 3.8) is 0 Å². The number of aromatic nitrogens is 1. The first-order valence-corrected chi connectivity index (χ1v) is 6.25. The van der Waals surface area contributed by atoms with Crippen molar-refractivity contribution >= 4 is 21.9 Å². The molecule has 0 bridgehead atoms. The van der Waals surface area contributed by atoms with Crippen LogP contribution in [0.15, 0.2) is 22.8 Å². The Kier molecular flexibility index (Phi) is 5.58. The highest BCUT2D eigenvalue weighted by Gasteiger charge is 2.22. The number of nitrogens with one attached hydrogen (secondary N) is 1. The first kappa shape index (κ1) is 14.1. The molecule has 0 aliphatic carbocycles. The van der Waals surface area contributed by atoms with E-state index in [0.717, 1.165) is 10.2 Å². The number of hydrogen-bond acceptors (Lipinski definition) is 4. The fraction of sp³-hybridized carbons (Fsp3) is 0.500. The van der Waals surface area contributed by atoms with Crippen molar-refractivity contribution in [2.45, 2.75) is 26.4 Å². The van der Waals surface area contributed by atoms with E-state index in [-0.39, 0.29) is 17.9 Å². The van der Waals surface area contributed by atoms with E-state index in [9.17, 15) is 4.79 Å². The molecule has 1 atom stereocenters. The molecule has 0 amide bonds. The van der Waals surface area contributed by atoms with E-state index >= 15 is 0 Å². The van der Waals surface area contributed by atoms with Crippen molar-refractivity contribution in [3.8, 4) is 0 Å². The molecule has 94 valence electrons. The third kappa shape index (κ3) is 4.44. The Morgan fingerprint density at radius 3 is 2.71 bits per heavy atom. The van der Waals surface area contributed by atoms with E-state index in [1.165, 1.54) is 7.11 Å².